The van der Waals surface area contributed by atoms with Crippen LogP contribution in [0.3, 0.4) is 0 Å². The van der Waals surface area contributed by atoms with Gasteiger partial charge >= 0.3 is 0 Å². The summed E-state index contributed by atoms with van der Waals surface area (Å²) in [5, 5.41) is 0. The van der Waals surface area contributed by atoms with Crippen molar-refractivity contribution >= 4 is 11.7 Å². The summed E-state index contributed by atoms with van der Waals surface area (Å²) in [5.41, 5.74) is 3.04. The van der Waals surface area contributed by atoms with Gasteiger partial charge in [0.05, 0.1) is 18.8 Å². The first-order chi connectivity index (χ1) is 11.6. The molecule has 5 heteroatoms. The molecule has 0 aliphatic carbocycles. The van der Waals surface area contributed by atoms with Crippen LogP contribution in [0.4, 0.5) is 5.82 Å². The molecule has 1 saturated heterocycles. The number of rotatable bonds is 4. The Morgan fingerprint density at radius 3 is 2.62 bits per heavy atom. The molecule has 1 aromatic heterocycles. The number of aryl methyl sites for hydroxylation is 1. The van der Waals surface area contributed by atoms with E-state index in [9.17, 15) is 4.79 Å². The second kappa shape index (κ2) is 7.45. The van der Waals surface area contributed by atoms with Crippen LogP contribution in [-0.4, -0.2) is 44.2 Å². The number of hydrogen-bond acceptors (Lipinski definition) is 3. The van der Waals surface area contributed by atoms with Gasteiger partial charge in [0.25, 0.3) is 11.7 Å². The van der Waals surface area contributed by atoms with Crippen molar-refractivity contribution < 1.29 is 14.5 Å². The largest absolute Gasteiger partial charge is 0.373 e. The molecule has 2 heterocycles. The number of aromatic amines is 1. The average Bonchev–Trinajstić information content (AvgIpc) is 2.64. The minimum absolute atomic E-state index is 0.0167. The third-order valence-corrected chi connectivity index (χ3v) is 4.41. The lowest BCUT2D eigenvalue weighted by molar-refractivity contribution is -0.364. The van der Waals surface area contributed by atoms with Crippen LogP contribution in [0.5, 0.6) is 0 Å². The lowest BCUT2D eigenvalue weighted by Crippen LogP contribution is -2.39. The molecular formula is C19H24N3O2+. The number of ether oxygens (including phenoxy) is 1. The van der Waals surface area contributed by atoms with Gasteiger partial charge in [0.15, 0.2) is 0 Å². The lowest BCUT2D eigenvalue weighted by atomic mass is 10.1. The van der Waals surface area contributed by atoms with Gasteiger partial charge < -0.3 is 9.64 Å². The molecule has 1 amide bonds. The Morgan fingerprint density at radius 1 is 1.21 bits per heavy atom. The summed E-state index contributed by atoms with van der Waals surface area (Å²) in [6.07, 6.45) is 1.79. The van der Waals surface area contributed by atoms with E-state index in [4.69, 9.17) is 4.74 Å². The molecule has 24 heavy (non-hydrogen) atoms. The molecule has 0 spiro atoms. The number of nitrogens with zero attached hydrogens (tertiary/aromatic N) is 2. The molecule has 1 aliphatic heterocycles. The summed E-state index contributed by atoms with van der Waals surface area (Å²) < 4.78 is 5.36. The van der Waals surface area contributed by atoms with Crippen molar-refractivity contribution in [2.24, 2.45) is 0 Å². The summed E-state index contributed by atoms with van der Waals surface area (Å²) in [7, 11) is 1.84. The monoisotopic (exact) mass is 326 g/mol. The Balaban J connectivity index is 1.67. The van der Waals surface area contributed by atoms with Crippen LogP contribution in [0.25, 0.3) is 0 Å². The molecule has 1 aliphatic rings. The predicted octanol–water partition coefficient (Wildman–Crippen LogP) is 1.92. The fourth-order valence-corrected chi connectivity index (χ4v) is 2.89. The molecule has 5 nitrogen and oxygen atoms in total. The molecule has 0 bridgehead atoms. The van der Waals surface area contributed by atoms with E-state index in [2.05, 4.69) is 28.9 Å². The standard InChI is InChI=1S/C19H23N3O2/c1-15-5-3-4-6-17(15)14-21(2)19(23)16-7-8-18(20-13-16)22-9-11-24-12-10-22/h3-8,13H,9-12,14H2,1-2H3/p+1. The number of anilines is 1. The zero-order chi connectivity index (χ0) is 16.9. The summed E-state index contributed by atoms with van der Waals surface area (Å²) in [4.78, 5) is 19.8. The molecule has 1 aromatic carbocycles. The SMILES string of the molecule is Cc1ccccc1CN(C)C(=O)c1ccc(N2CCOCC2)[nH+]c1. The third-order valence-electron chi connectivity index (χ3n) is 4.41. The van der Waals surface area contributed by atoms with Crippen molar-refractivity contribution in [3.8, 4) is 0 Å². The van der Waals surface area contributed by atoms with E-state index < -0.39 is 0 Å². The number of pyridine rings is 1. The molecule has 0 saturated carbocycles. The van der Waals surface area contributed by atoms with E-state index in [1.54, 1.807) is 11.1 Å². The van der Waals surface area contributed by atoms with Gasteiger partial charge in [-0.25, -0.2) is 4.98 Å². The van der Waals surface area contributed by atoms with Gasteiger partial charge in [0.1, 0.15) is 19.3 Å². The van der Waals surface area contributed by atoms with Crippen LogP contribution in [0.15, 0.2) is 42.6 Å². The van der Waals surface area contributed by atoms with E-state index in [1.165, 1.54) is 11.1 Å². The molecule has 0 radical (unpaired) electrons. The Morgan fingerprint density at radius 2 is 1.96 bits per heavy atom. The smallest absolute Gasteiger partial charge is 0.274 e. The highest BCUT2D eigenvalue weighted by Gasteiger charge is 2.20. The van der Waals surface area contributed by atoms with Crippen molar-refractivity contribution in [2.45, 2.75) is 13.5 Å². The highest BCUT2D eigenvalue weighted by molar-refractivity contribution is 5.93. The van der Waals surface area contributed by atoms with Crippen molar-refractivity contribution in [2.75, 3.05) is 38.3 Å². The molecule has 1 fully saturated rings. The van der Waals surface area contributed by atoms with Crippen LogP contribution in [0.1, 0.15) is 21.5 Å². The molecule has 1 N–H and O–H groups in total. The van der Waals surface area contributed by atoms with Gasteiger partial charge in [0, 0.05) is 19.7 Å². The Bertz CT molecular complexity index is 694. The van der Waals surface area contributed by atoms with Gasteiger partial charge in [-0.05, 0) is 24.1 Å². The van der Waals surface area contributed by atoms with Gasteiger partial charge in [-0.3, -0.25) is 9.69 Å². The second-order valence-corrected chi connectivity index (χ2v) is 6.15. The van der Waals surface area contributed by atoms with Crippen LogP contribution in [0, 0.1) is 6.92 Å². The molecular weight excluding hydrogens is 302 g/mol. The number of morpholine rings is 1. The molecule has 0 unspecified atom stereocenters. The van der Waals surface area contributed by atoms with Crippen LogP contribution in [-0.2, 0) is 11.3 Å². The maximum Gasteiger partial charge on any atom is 0.274 e. The number of nitrogens with one attached hydrogen (secondary N) is 1. The van der Waals surface area contributed by atoms with Gasteiger partial charge in [-0.15, -0.1) is 0 Å². The molecule has 0 atom stereocenters. The number of H-pyrrole nitrogens is 1. The Hall–Kier alpha value is -2.40. The average molecular weight is 326 g/mol. The first kappa shape index (κ1) is 16.5. The highest BCUT2D eigenvalue weighted by Crippen LogP contribution is 2.13. The number of carbonyl (C=O) groups excluding carboxylic acids is 1. The number of carbonyl (C=O) groups is 1. The fourth-order valence-electron chi connectivity index (χ4n) is 2.89. The van der Waals surface area contributed by atoms with Gasteiger partial charge in [-0.1, -0.05) is 24.3 Å². The number of hydrogen-bond donors (Lipinski definition) is 0. The van der Waals surface area contributed by atoms with Crippen LogP contribution in [0.2, 0.25) is 0 Å². The van der Waals surface area contributed by atoms with E-state index in [1.807, 2.05) is 31.3 Å². The van der Waals surface area contributed by atoms with E-state index >= 15 is 0 Å². The minimum Gasteiger partial charge on any atom is -0.373 e. The summed E-state index contributed by atoms with van der Waals surface area (Å²) in [6, 6.07) is 12.0. The number of aromatic nitrogens is 1. The maximum atomic E-state index is 12.6. The van der Waals surface area contributed by atoms with Crippen molar-refractivity contribution in [3.05, 3.63) is 59.3 Å². The Kier molecular flexibility index (Phi) is 5.11. The first-order valence-electron chi connectivity index (χ1n) is 8.29. The first-order valence-corrected chi connectivity index (χ1v) is 8.29. The zero-order valence-electron chi connectivity index (χ0n) is 14.3. The van der Waals surface area contributed by atoms with Gasteiger partial charge in [-0.2, -0.15) is 0 Å². The maximum absolute atomic E-state index is 12.6. The normalized spacial score (nSPS) is 14.5. The van der Waals surface area contributed by atoms with Gasteiger partial charge in [0.2, 0.25) is 0 Å². The molecule has 3 rings (SSSR count). The van der Waals surface area contributed by atoms with Crippen LogP contribution < -0.4 is 9.88 Å². The van der Waals surface area contributed by atoms with Crippen molar-refractivity contribution in [1.29, 1.82) is 0 Å². The molecule has 2 aromatic rings. The van der Waals surface area contributed by atoms with Crippen LogP contribution >= 0.6 is 0 Å². The summed E-state index contributed by atoms with van der Waals surface area (Å²) in [5.74, 6) is 1.04. The summed E-state index contributed by atoms with van der Waals surface area (Å²) >= 11 is 0. The number of amides is 1. The number of benzene rings is 1. The van der Waals surface area contributed by atoms with Crippen molar-refractivity contribution in [3.63, 3.8) is 0 Å². The second-order valence-electron chi connectivity index (χ2n) is 6.15. The Labute approximate surface area is 142 Å². The predicted molar refractivity (Wildman–Crippen MR) is 93.0 cm³/mol. The highest BCUT2D eigenvalue weighted by atomic mass is 16.5. The van der Waals surface area contributed by atoms with Crippen molar-refractivity contribution in [1.82, 2.24) is 4.90 Å². The topological polar surface area (TPSA) is 46.9 Å². The third kappa shape index (κ3) is 3.74. The lowest BCUT2D eigenvalue weighted by Gasteiger charge is -2.21. The minimum atomic E-state index is 0.0167. The van der Waals surface area contributed by atoms with E-state index in [0.29, 0.717) is 12.1 Å². The summed E-state index contributed by atoms with van der Waals surface area (Å²) in [6.45, 7) is 5.91. The fraction of sp³-hybridized carbons (Fsp3) is 0.368. The zero-order valence-corrected chi connectivity index (χ0v) is 14.3. The van der Waals surface area contributed by atoms with E-state index in [0.717, 1.165) is 32.1 Å². The van der Waals surface area contributed by atoms with E-state index in [-0.39, 0.29) is 5.91 Å². The quantitative estimate of drug-likeness (QED) is 0.862. The molecule has 126 valence electrons.